The van der Waals surface area contributed by atoms with Crippen LogP contribution in [0.15, 0.2) is 82.9 Å². The molecule has 0 radical (unpaired) electrons. The molecule has 9 nitrogen and oxygen atoms in total. The number of nitrogens with zero attached hydrogens (tertiary/aromatic N) is 3. The monoisotopic (exact) mass is 493 g/mol. The SMILES string of the molecule is Cn1cc(S(=O)(=O)N2CCC(C(=O)NN=C(c3ccccc3)c3ccccc3)CC2)cc1C(N)=O. The Balaban J connectivity index is 1.44. The molecule has 1 saturated heterocycles. The second-order valence-corrected chi connectivity index (χ2v) is 10.3. The molecular formula is C25H27N5O4S. The molecule has 0 aliphatic carbocycles. The van der Waals surface area contributed by atoms with Gasteiger partial charge in [0, 0.05) is 43.4 Å². The second-order valence-electron chi connectivity index (χ2n) is 8.38. The molecule has 0 bridgehead atoms. The maximum atomic E-state index is 13.0. The van der Waals surface area contributed by atoms with Crippen LogP contribution in [0.2, 0.25) is 0 Å². The predicted octanol–water partition coefficient (Wildman–Crippen LogP) is 2.09. The number of piperidine rings is 1. The number of aromatic nitrogens is 1. The van der Waals surface area contributed by atoms with Crippen LogP contribution in [0.5, 0.6) is 0 Å². The van der Waals surface area contributed by atoms with Gasteiger partial charge in [-0.15, -0.1) is 0 Å². The number of primary amides is 1. The van der Waals surface area contributed by atoms with Gasteiger partial charge in [0.15, 0.2) is 0 Å². The van der Waals surface area contributed by atoms with Crippen LogP contribution >= 0.6 is 0 Å². The maximum Gasteiger partial charge on any atom is 0.265 e. The van der Waals surface area contributed by atoms with Crippen LogP contribution in [-0.4, -0.2) is 47.9 Å². The molecule has 1 fully saturated rings. The Bertz CT molecular complexity index is 1300. The highest BCUT2D eigenvalue weighted by atomic mass is 32.2. The third-order valence-corrected chi connectivity index (χ3v) is 7.93. The number of nitrogens with two attached hydrogens (primary N) is 1. The van der Waals surface area contributed by atoms with Gasteiger partial charge in [-0.1, -0.05) is 60.7 Å². The lowest BCUT2D eigenvalue weighted by atomic mass is 9.97. The number of hydrazone groups is 1. The molecule has 2 amide bonds. The topological polar surface area (TPSA) is 127 Å². The Morgan fingerprint density at radius 2 is 1.51 bits per heavy atom. The van der Waals surface area contributed by atoms with E-state index < -0.39 is 15.9 Å². The highest BCUT2D eigenvalue weighted by Crippen LogP contribution is 2.25. The molecule has 3 N–H and O–H groups in total. The number of hydrogen-bond acceptors (Lipinski definition) is 5. The van der Waals surface area contributed by atoms with Gasteiger partial charge in [-0.2, -0.15) is 9.41 Å². The first kappa shape index (κ1) is 24.4. The Morgan fingerprint density at radius 1 is 0.971 bits per heavy atom. The average molecular weight is 494 g/mol. The van der Waals surface area contributed by atoms with Crippen molar-refractivity contribution in [3.8, 4) is 0 Å². The van der Waals surface area contributed by atoms with Crippen molar-refractivity contribution in [2.24, 2.45) is 23.8 Å². The number of hydrogen-bond donors (Lipinski definition) is 2. The molecule has 182 valence electrons. The summed E-state index contributed by atoms with van der Waals surface area (Å²) in [5, 5.41) is 4.42. The van der Waals surface area contributed by atoms with Crippen LogP contribution in [0.3, 0.4) is 0 Å². The van der Waals surface area contributed by atoms with Gasteiger partial charge in [0.2, 0.25) is 15.9 Å². The lowest BCUT2D eigenvalue weighted by Gasteiger charge is -2.29. The van der Waals surface area contributed by atoms with Crippen LogP contribution in [0.4, 0.5) is 0 Å². The van der Waals surface area contributed by atoms with E-state index in [1.54, 1.807) is 7.05 Å². The van der Waals surface area contributed by atoms with Gasteiger partial charge >= 0.3 is 0 Å². The fourth-order valence-corrected chi connectivity index (χ4v) is 5.66. The van der Waals surface area contributed by atoms with E-state index in [0.29, 0.717) is 18.6 Å². The van der Waals surface area contributed by atoms with Gasteiger partial charge in [-0.05, 0) is 18.9 Å². The number of amides is 2. The Hall–Kier alpha value is -3.76. The second kappa shape index (κ2) is 10.2. The zero-order valence-corrected chi connectivity index (χ0v) is 20.1. The summed E-state index contributed by atoms with van der Waals surface area (Å²) in [5.41, 5.74) is 10.5. The summed E-state index contributed by atoms with van der Waals surface area (Å²) in [6, 6.07) is 20.4. The fourth-order valence-electron chi connectivity index (χ4n) is 4.12. The van der Waals surface area contributed by atoms with Crippen molar-refractivity contribution in [2.75, 3.05) is 13.1 Å². The zero-order chi connectivity index (χ0) is 25.0. The number of carbonyl (C=O) groups is 2. The molecule has 2 aromatic carbocycles. The largest absolute Gasteiger partial charge is 0.364 e. The summed E-state index contributed by atoms with van der Waals surface area (Å²) < 4.78 is 28.8. The summed E-state index contributed by atoms with van der Waals surface area (Å²) in [7, 11) is -2.23. The van der Waals surface area contributed by atoms with Crippen LogP contribution in [0, 0.1) is 5.92 Å². The normalized spacial score (nSPS) is 14.9. The van der Waals surface area contributed by atoms with E-state index >= 15 is 0 Å². The number of rotatable bonds is 7. The first-order valence-corrected chi connectivity index (χ1v) is 12.7. The molecule has 0 atom stereocenters. The summed E-state index contributed by atoms with van der Waals surface area (Å²) in [6.07, 6.45) is 2.10. The minimum absolute atomic E-state index is 0.0108. The van der Waals surface area contributed by atoms with Gasteiger partial charge in [0.05, 0.1) is 5.71 Å². The molecular weight excluding hydrogens is 466 g/mol. The van der Waals surface area contributed by atoms with Crippen molar-refractivity contribution >= 4 is 27.5 Å². The van der Waals surface area contributed by atoms with E-state index in [1.807, 2.05) is 60.7 Å². The Labute approximate surface area is 204 Å². The van der Waals surface area contributed by atoms with E-state index in [0.717, 1.165) is 11.1 Å². The number of sulfonamides is 1. The standard InChI is InChI=1S/C25H27N5O4S/c1-29-17-21(16-22(29)24(26)31)35(33,34)30-14-12-20(13-15-30)25(32)28-27-23(18-8-4-2-5-9-18)19-10-6-3-7-11-19/h2-11,16-17,20H,12-15H2,1H3,(H2,26,31)(H,28,32). The number of benzene rings is 2. The number of nitrogens with one attached hydrogen (secondary N) is 1. The molecule has 35 heavy (non-hydrogen) atoms. The molecule has 0 spiro atoms. The van der Waals surface area contributed by atoms with Gasteiger partial charge in [-0.25, -0.2) is 13.8 Å². The average Bonchev–Trinajstić information content (AvgIpc) is 3.28. The van der Waals surface area contributed by atoms with Crippen molar-refractivity contribution in [2.45, 2.75) is 17.7 Å². The molecule has 3 aromatic rings. The molecule has 0 unspecified atom stereocenters. The predicted molar refractivity (Wildman–Crippen MR) is 132 cm³/mol. The van der Waals surface area contributed by atoms with E-state index in [2.05, 4.69) is 10.5 Å². The Morgan fingerprint density at radius 3 is 2.00 bits per heavy atom. The third-order valence-electron chi connectivity index (χ3n) is 6.07. The van der Waals surface area contributed by atoms with Crippen molar-refractivity contribution in [1.29, 1.82) is 0 Å². The number of aryl methyl sites for hydroxylation is 1. The molecule has 0 saturated carbocycles. The summed E-state index contributed by atoms with van der Waals surface area (Å²) in [5.74, 6) is -1.31. The minimum Gasteiger partial charge on any atom is -0.364 e. The van der Waals surface area contributed by atoms with Crippen LogP contribution in [0.25, 0.3) is 0 Å². The molecule has 1 aliphatic heterocycles. The molecule has 1 aliphatic rings. The van der Waals surface area contributed by atoms with Gasteiger partial charge < -0.3 is 10.3 Å². The number of carbonyl (C=O) groups excluding carboxylic acids is 2. The molecule has 4 rings (SSSR count). The van der Waals surface area contributed by atoms with Gasteiger partial charge in [0.25, 0.3) is 5.91 Å². The molecule has 1 aromatic heterocycles. The summed E-state index contributed by atoms with van der Waals surface area (Å²) in [4.78, 5) is 24.4. The van der Waals surface area contributed by atoms with Gasteiger partial charge in [0.1, 0.15) is 10.6 Å². The first-order chi connectivity index (χ1) is 16.8. The van der Waals surface area contributed by atoms with Crippen molar-refractivity contribution in [3.05, 3.63) is 89.7 Å². The quantitative estimate of drug-likeness (QED) is 0.386. The molecule has 2 heterocycles. The van der Waals surface area contributed by atoms with E-state index in [9.17, 15) is 18.0 Å². The smallest absolute Gasteiger partial charge is 0.265 e. The van der Waals surface area contributed by atoms with E-state index in [-0.39, 0.29) is 35.5 Å². The van der Waals surface area contributed by atoms with Crippen LogP contribution in [0.1, 0.15) is 34.5 Å². The van der Waals surface area contributed by atoms with Crippen LogP contribution in [-0.2, 0) is 21.9 Å². The lowest BCUT2D eigenvalue weighted by Crippen LogP contribution is -2.42. The van der Waals surface area contributed by atoms with Crippen molar-refractivity contribution < 1.29 is 18.0 Å². The van der Waals surface area contributed by atoms with E-state index in [1.165, 1.54) is 21.1 Å². The summed E-state index contributed by atoms with van der Waals surface area (Å²) >= 11 is 0. The highest BCUT2D eigenvalue weighted by Gasteiger charge is 2.33. The lowest BCUT2D eigenvalue weighted by molar-refractivity contribution is -0.126. The summed E-state index contributed by atoms with van der Waals surface area (Å²) in [6.45, 7) is 0.379. The Kier molecular flexibility index (Phi) is 7.13. The minimum atomic E-state index is -3.80. The van der Waals surface area contributed by atoms with E-state index in [4.69, 9.17) is 5.73 Å². The maximum absolute atomic E-state index is 13.0. The molecule has 10 heteroatoms. The van der Waals surface area contributed by atoms with Crippen molar-refractivity contribution in [3.63, 3.8) is 0 Å². The highest BCUT2D eigenvalue weighted by molar-refractivity contribution is 7.89. The first-order valence-electron chi connectivity index (χ1n) is 11.2. The van der Waals surface area contributed by atoms with Gasteiger partial charge in [-0.3, -0.25) is 9.59 Å². The van der Waals surface area contributed by atoms with Crippen LogP contribution < -0.4 is 11.2 Å². The zero-order valence-electron chi connectivity index (χ0n) is 19.3. The van der Waals surface area contributed by atoms with Crippen molar-refractivity contribution in [1.82, 2.24) is 14.3 Å². The third kappa shape index (κ3) is 5.33. The fraction of sp³-hybridized carbons (Fsp3) is 0.240.